The summed E-state index contributed by atoms with van der Waals surface area (Å²) < 4.78 is 38.0. The van der Waals surface area contributed by atoms with E-state index < -0.39 is 15.8 Å². The van der Waals surface area contributed by atoms with Crippen LogP contribution in [0, 0.1) is 5.82 Å². The molecule has 0 aliphatic rings. The molecule has 0 heterocycles. The molecule has 0 atom stereocenters. The minimum Gasteiger partial charge on any atom is -0.396 e. The summed E-state index contributed by atoms with van der Waals surface area (Å²) in [7, 11) is -3.66. The number of anilines is 1. The highest BCUT2D eigenvalue weighted by Gasteiger charge is 2.15. The van der Waals surface area contributed by atoms with E-state index in [-0.39, 0.29) is 34.5 Å². The zero-order valence-corrected chi connectivity index (χ0v) is 10.9. The molecule has 0 amide bonds. The molecule has 0 bridgehead atoms. The highest BCUT2D eigenvalue weighted by atomic mass is 35.5. The maximum Gasteiger partial charge on any atom is 0.232 e. The highest BCUT2D eigenvalue weighted by molar-refractivity contribution is 7.92. The fraction of sp³-hybridized carbons (Fsp3) is 0.333. The Labute approximate surface area is 108 Å². The number of hydrogen-bond donors (Lipinski definition) is 2. The average molecular weight is 302 g/mol. The van der Waals surface area contributed by atoms with Crippen LogP contribution < -0.4 is 4.72 Å². The molecule has 0 radical (unpaired) electrons. The van der Waals surface area contributed by atoms with E-state index in [9.17, 15) is 12.8 Å². The smallest absolute Gasteiger partial charge is 0.232 e. The molecule has 0 aromatic heterocycles. The van der Waals surface area contributed by atoms with E-state index in [2.05, 4.69) is 4.72 Å². The van der Waals surface area contributed by atoms with Crippen LogP contribution in [0.1, 0.15) is 6.42 Å². The summed E-state index contributed by atoms with van der Waals surface area (Å²) in [4.78, 5) is 0. The fourth-order valence-electron chi connectivity index (χ4n) is 1.10. The zero-order chi connectivity index (χ0) is 13.1. The first-order valence-electron chi connectivity index (χ1n) is 4.61. The second kappa shape index (κ2) is 5.86. The molecule has 2 N–H and O–H groups in total. The first-order chi connectivity index (χ1) is 7.85. The molecule has 4 nitrogen and oxygen atoms in total. The number of aliphatic hydroxyl groups excluding tert-OH is 1. The van der Waals surface area contributed by atoms with Crippen LogP contribution in [0.4, 0.5) is 10.1 Å². The third-order valence-corrected chi connectivity index (χ3v) is 3.77. The Morgan fingerprint density at radius 1 is 1.29 bits per heavy atom. The summed E-state index contributed by atoms with van der Waals surface area (Å²) in [6.45, 7) is -0.244. The molecule has 1 aromatic rings. The monoisotopic (exact) mass is 301 g/mol. The van der Waals surface area contributed by atoms with Crippen molar-refractivity contribution in [3.63, 3.8) is 0 Å². The van der Waals surface area contributed by atoms with Crippen LogP contribution in [0.2, 0.25) is 10.0 Å². The van der Waals surface area contributed by atoms with Gasteiger partial charge in [0.1, 0.15) is 5.82 Å². The molecule has 0 saturated heterocycles. The predicted octanol–water partition coefficient (Wildman–Crippen LogP) is 2.26. The van der Waals surface area contributed by atoms with Gasteiger partial charge in [-0.2, -0.15) is 0 Å². The van der Waals surface area contributed by atoms with Crippen LogP contribution in [0.5, 0.6) is 0 Å². The quantitative estimate of drug-likeness (QED) is 0.876. The van der Waals surface area contributed by atoms with Gasteiger partial charge < -0.3 is 5.11 Å². The SMILES string of the molecule is O=S(=O)(CCCO)Nc1c(Cl)cc(F)cc1Cl. The Hall–Kier alpha value is -0.560. The van der Waals surface area contributed by atoms with Gasteiger partial charge in [0.05, 0.1) is 21.5 Å². The van der Waals surface area contributed by atoms with Crippen LogP contribution in [-0.2, 0) is 10.0 Å². The van der Waals surface area contributed by atoms with Gasteiger partial charge in [0.15, 0.2) is 0 Å². The lowest BCUT2D eigenvalue weighted by atomic mass is 10.3. The van der Waals surface area contributed by atoms with Gasteiger partial charge in [0.25, 0.3) is 0 Å². The van der Waals surface area contributed by atoms with Gasteiger partial charge in [0, 0.05) is 6.61 Å². The number of hydrogen-bond acceptors (Lipinski definition) is 3. The number of halogens is 3. The Bertz CT molecular complexity index is 484. The first kappa shape index (κ1) is 14.5. The van der Waals surface area contributed by atoms with Gasteiger partial charge in [-0.25, -0.2) is 12.8 Å². The molecule has 0 spiro atoms. The second-order valence-corrected chi connectivity index (χ2v) is 5.90. The molecule has 0 saturated carbocycles. The molecule has 96 valence electrons. The van der Waals surface area contributed by atoms with Crippen molar-refractivity contribution in [3.05, 3.63) is 28.0 Å². The van der Waals surface area contributed by atoms with E-state index in [4.69, 9.17) is 28.3 Å². The van der Waals surface area contributed by atoms with Crippen molar-refractivity contribution in [2.24, 2.45) is 0 Å². The van der Waals surface area contributed by atoms with Gasteiger partial charge in [-0.1, -0.05) is 23.2 Å². The summed E-state index contributed by atoms with van der Waals surface area (Å²) >= 11 is 11.3. The number of nitrogens with one attached hydrogen (secondary N) is 1. The van der Waals surface area contributed by atoms with Crippen LogP contribution in [0.15, 0.2) is 12.1 Å². The van der Waals surface area contributed by atoms with Crippen molar-refractivity contribution in [3.8, 4) is 0 Å². The number of benzene rings is 1. The minimum absolute atomic E-state index is 0.0623. The van der Waals surface area contributed by atoms with E-state index >= 15 is 0 Å². The van der Waals surface area contributed by atoms with E-state index in [0.29, 0.717) is 0 Å². The Morgan fingerprint density at radius 3 is 2.29 bits per heavy atom. The van der Waals surface area contributed by atoms with Crippen LogP contribution in [-0.4, -0.2) is 25.9 Å². The first-order valence-corrected chi connectivity index (χ1v) is 7.02. The van der Waals surface area contributed by atoms with Gasteiger partial charge in [-0.05, 0) is 18.6 Å². The van der Waals surface area contributed by atoms with E-state index in [1.54, 1.807) is 0 Å². The topological polar surface area (TPSA) is 66.4 Å². The largest absolute Gasteiger partial charge is 0.396 e. The molecule has 0 unspecified atom stereocenters. The van der Waals surface area contributed by atoms with Gasteiger partial charge in [0.2, 0.25) is 10.0 Å². The third kappa shape index (κ3) is 4.31. The summed E-state index contributed by atoms with van der Waals surface area (Å²) in [5, 5.41) is 8.30. The van der Waals surface area contributed by atoms with E-state index in [0.717, 1.165) is 12.1 Å². The lowest BCUT2D eigenvalue weighted by Gasteiger charge is -2.10. The number of sulfonamides is 1. The van der Waals surface area contributed by atoms with Crippen LogP contribution >= 0.6 is 23.2 Å². The molecule has 0 aliphatic heterocycles. The summed E-state index contributed by atoms with van der Waals surface area (Å²) in [5.41, 5.74) is -0.0623. The van der Waals surface area contributed by atoms with Crippen molar-refractivity contribution in [2.45, 2.75) is 6.42 Å². The molecule has 1 aromatic carbocycles. The second-order valence-electron chi connectivity index (χ2n) is 3.24. The van der Waals surface area contributed by atoms with E-state index in [1.807, 2.05) is 0 Å². The predicted molar refractivity (Wildman–Crippen MR) is 65.5 cm³/mol. The number of rotatable bonds is 5. The van der Waals surface area contributed by atoms with Gasteiger partial charge in [-0.3, -0.25) is 4.72 Å². The molecule has 0 aliphatic carbocycles. The minimum atomic E-state index is -3.66. The van der Waals surface area contributed by atoms with Gasteiger partial charge >= 0.3 is 0 Å². The molecular weight excluding hydrogens is 292 g/mol. The third-order valence-electron chi connectivity index (χ3n) is 1.84. The molecular formula is C9H10Cl2FNO3S. The van der Waals surface area contributed by atoms with Crippen molar-refractivity contribution < 1.29 is 17.9 Å². The molecule has 8 heteroatoms. The molecule has 17 heavy (non-hydrogen) atoms. The van der Waals surface area contributed by atoms with Crippen molar-refractivity contribution in [2.75, 3.05) is 17.1 Å². The van der Waals surface area contributed by atoms with Crippen LogP contribution in [0.3, 0.4) is 0 Å². The van der Waals surface area contributed by atoms with E-state index in [1.165, 1.54) is 0 Å². The molecule has 0 fully saturated rings. The lowest BCUT2D eigenvalue weighted by molar-refractivity contribution is 0.295. The summed E-state index contributed by atoms with van der Waals surface area (Å²) in [5.74, 6) is -0.925. The zero-order valence-electron chi connectivity index (χ0n) is 8.58. The van der Waals surface area contributed by atoms with Gasteiger partial charge in [-0.15, -0.1) is 0 Å². The highest BCUT2D eigenvalue weighted by Crippen LogP contribution is 2.32. The lowest BCUT2D eigenvalue weighted by Crippen LogP contribution is -2.18. The summed E-state index contributed by atoms with van der Waals surface area (Å²) in [6.07, 6.45) is 0.0891. The number of aliphatic hydroxyl groups is 1. The Morgan fingerprint density at radius 2 is 1.82 bits per heavy atom. The maximum atomic E-state index is 12.9. The van der Waals surface area contributed by atoms with Crippen molar-refractivity contribution in [1.29, 1.82) is 0 Å². The Kier molecular flexibility index (Phi) is 5.00. The Balaban J connectivity index is 2.96. The van der Waals surface area contributed by atoms with Crippen molar-refractivity contribution in [1.82, 2.24) is 0 Å². The molecule has 1 rings (SSSR count). The normalized spacial score (nSPS) is 11.5. The standard InChI is InChI=1S/C9H10Cl2FNO3S/c10-7-4-6(12)5-8(11)9(7)13-17(15,16)3-1-2-14/h4-5,13-14H,1-3H2. The average Bonchev–Trinajstić information content (AvgIpc) is 2.21. The van der Waals surface area contributed by atoms with Crippen LogP contribution in [0.25, 0.3) is 0 Å². The van der Waals surface area contributed by atoms with Crippen molar-refractivity contribution >= 4 is 38.9 Å². The maximum absolute atomic E-state index is 12.9. The fourth-order valence-corrected chi connectivity index (χ4v) is 2.91. The summed E-state index contributed by atoms with van der Waals surface area (Å²) in [6, 6.07) is 1.91.